The molecule has 2 rings (SSSR count). The van der Waals surface area contributed by atoms with E-state index in [9.17, 15) is 14.3 Å². The number of carbonyl (C=O) groups is 1. The van der Waals surface area contributed by atoms with Gasteiger partial charge in [0.2, 0.25) is 0 Å². The maximum absolute atomic E-state index is 12.7. The number of nitrogens with one attached hydrogen (secondary N) is 1. The monoisotopic (exact) mass is 286 g/mol. The van der Waals surface area contributed by atoms with Crippen molar-refractivity contribution in [2.24, 2.45) is 0 Å². The highest BCUT2D eigenvalue weighted by molar-refractivity contribution is 5.92. The summed E-state index contributed by atoms with van der Waals surface area (Å²) < 4.78 is 12.7. The van der Waals surface area contributed by atoms with E-state index in [-0.39, 0.29) is 17.6 Å². The first-order valence-electron chi connectivity index (χ1n) is 6.31. The highest BCUT2D eigenvalue weighted by atomic mass is 19.1. The number of phenols is 1. The van der Waals surface area contributed by atoms with Gasteiger partial charge in [-0.05, 0) is 48.0 Å². The van der Waals surface area contributed by atoms with Crippen LogP contribution in [0.4, 0.5) is 14.9 Å². The van der Waals surface area contributed by atoms with E-state index in [2.05, 4.69) is 5.32 Å². The van der Waals surface area contributed by atoms with Crippen LogP contribution in [0.15, 0.2) is 54.7 Å². The number of hydrogen-bond acceptors (Lipinski definition) is 2. The molecule has 0 aliphatic carbocycles. The largest absolute Gasteiger partial charge is 0.508 e. The molecule has 21 heavy (non-hydrogen) atoms. The minimum Gasteiger partial charge on any atom is -0.508 e. The van der Waals surface area contributed by atoms with E-state index >= 15 is 0 Å². The zero-order valence-corrected chi connectivity index (χ0v) is 11.5. The first kappa shape index (κ1) is 14.6. The molecule has 0 aromatic heterocycles. The fourth-order valence-electron chi connectivity index (χ4n) is 1.67. The molecule has 108 valence electrons. The summed E-state index contributed by atoms with van der Waals surface area (Å²) in [6, 6.07) is 11.9. The molecule has 2 aromatic carbocycles. The molecule has 0 aliphatic heterocycles. The maximum atomic E-state index is 12.7. The molecule has 2 amide bonds. The molecule has 5 heteroatoms. The van der Waals surface area contributed by atoms with E-state index in [0.29, 0.717) is 5.69 Å². The van der Waals surface area contributed by atoms with E-state index in [0.717, 1.165) is 5.56 Å². The quantitative estimate of drug-likeness (QED) is 0.909. The molecule has 0 atom stereocenters. The third-order valence-electron chi connectivity index (χ3n) is 2.89. The highest BCUT2D eigenvalue weighted by Crippen LogP contribution is 2.17. The zero-order valence-electron chi connectivity index (χ0n) is 11.5. The van der Waals surface area contributed by atoms with Crippen LogP contribution in [0.25, 0.3) is 6.08 Å². The summed E-state index contributed by atoms with van der Waals surface area (Å²) >= 11 is 0. The van der Waals surface area contributed by atoms with E-state index in [1.807, 2.05) is 0 Å². The van der Waals surface area contributed by atoms with Crippen molar-refractivity contribution in [3.05, 3.63) is 66.1 Å². The molecule has 0 spiro atoms. The smallest absolute Gasteiger partial charge is 0.325 e. The van der Waals surface area contributed by atoms with Crippen LogP contribution in [0.2, 0.25) is 0 Å². The van der Waals surface area contributed by atoms with Gasteiger partial charge in [-0.3, -0.25) is 4.90 Å². The molecule has 2 aromatic rings. The van der Waals surface area contributed by atoms with Gasteiger partial charge in [0.05, 0.1) is 0 Å². The lowest BCUT2D eigenvalue weighted by molar-refractivity contribution is 0.250. The molecule has 0 unspecified atom stereocenters. The second-order valence-electron chi connectivity index (χ2n) is 4.41. The Labute approximate surface area is 122 Å². The SMILES string of the molecule is CN(C(=O)N/C=C/c1ccc(F)cc1)c1ccc(O)cc1. The number of phenolic OH excluding ortho intramolecular Hbond substituents is 1. The lowest BCUT2D eigenvalue weighted by Gasteiger charge is -2.16. The summed E-state index contributed by atoms with van der Waals surface area (Å²) in [6.07, 6.45) is 3.16. The fraction of sp³-hybridized carbons (Fsp3) is 0.0625. The van der Waals surface area contributed by atoms with Crippen LogP contribution in [0.5, 0.6) is 5.75 Å². The van der Waals surface area contributed by atoms with Gasteiger partial charge in [-0.25, -0.2) is 9.18 Å². The predicted octanol–water partition coefficient (Wildman–Crippen LogP) is 3.35. The lowest BCUT2D eigenvalue weighted by atomic mass is 10.2. The van der Waals surface area contributed by atoms with Crippen LogP contribution in [0.1, 0.15) is 5.56 Å². The second-order valence-corrected chi connectivity index (χ2v) is 4.41. The molecule has 0 fully saturated rings. The summed E-state index contributed by atoms with van der Waals surface area (Å²) in [5.41, 5.74) is 1.43. The number of hydrogen-bond donors (Lipinski definition) is 2. The number of urea groups is 1. The summed E-state index contributed by atoms with van der Waals surface area (Å²) in [5.74, 6) is -0.160. The lowest BCUT2D eigenvalue weighted by Crippen LogP contribution is -2.34. The first-order chi connectivity index (χ1) is 10.1. The Morgan fingerprint density at radius 2 is 1.76 bits per heavy atom. The van der Waals surface area contributed by atoms with Crippen LogP contribution >= 0.6 is 0 Å². The molecule has 0 aliphatic rings. The van der Waals surface area contributed by atoms with Crippen molar-refractivity contribution in [3.8, 4) is 5.75 Å². The average Bonchev–Trinajstić information content (AvgIpc) is 2.49. The van der Waals surface area contributed by atoms with Gasteiger partial charge in [-0.1, -0.05) is 12.1 Å². The van der Waals surface area contributed by atoms with Crippen molar-refractivity contribution >= 4 is 17.8 Å². The number of benzene rings is 2. The third-order valence-corrected chi connectivity index (χ3v) is 2.89. The van der Waals surface area contributed by atoms with E-state index < -0.39 is 0 Å². The van der Waals surface area contributed by atoms with Gasteiger partial charge in [-0.2, -0.15) is 0 Å². The minimum atomic E-state index is -0.320. The Hall–Kier alpha value is -2.82. The third kappa shape index (κ3) is 4.07. The van der Waals surface area contributed by atoms with Crippen molar-refractivity contribution in [2.75, 3.05) is 11.9 Å². The molecular weight excluding hydrogens is 271 g/mol. The van der Waals surface area contributed by atoms with Gasteiger partial charge in [0.25, 0.3) is 0 Å². The van der Waals surface area contributed by atoms with Gasteiger partial charge in [0.1, 0.15) is 11.6 Å². The number of carbonyl (C=O) groups excluding carboxylic acids is 1. The Kier molecular flexibility index (Phi) is 4.56. The molecule has 0 heterocycles. The average molecular weight is 286 g/mol. The maximum Gasteiger partial charge on any atom is 0.325 e. The van der Waals surface area contributed by atoms with Gasteiger partial charge >= 0.3 is 6.03 Å². The number of anilines is 1. The van der Waals surface area contributed by atoms with Crippen molar-refractivity contribution in [1.29, 1.82) is 0 Å². The molecule has 2 N–H and O–H groups in total. The van der Waals surface area contributed by atoms with Crippen LogP contribution in [0.3, 0.4) is 0 Å². The molecular formula is C16H15FN2O2. The summed E-state index contributed by atoms with van der Waals surface area (Å²) in [4.78, 5) is 13.3. The van der Waals surface area contributed by atoms with Gasteiger partial charge in [-0.15, -0.1) is 0 Å². The fourth-order valence-corrected chi connectivity index (χ4v) is 1.67. The van der Waals surface area contributed by atoms with E-state index in [4.69, 9.17) is 0 Å². The van der Waals surface area contributed by atoms with Crippen LogP contribution in [-0.4, -0.2) is 18.2 Å². The Morgan fingerprint density at radius 3 is 2.38 bits per heavy atom. The van der Waals surface area contributed by atoms with Crippen LogP contribution in [0, 0.1) is 5.82 Å². The van der Waals surface area contributed by atoms with Crippen molar-refractivity contribution in [3.63, 3.8) is 0 Å². The highest BCUT2D eigenvalue weighted by Gasteiger charge is 2.08. The molecule has 0 radical (unpaired) electrons. The summed E-state index contributed by atoms with van der Waals surface area (Å²) in [7, 11) is 1.62. The van der Waals surface area contributed by atoms with Crippen molar-refractivity contribution in [1.82, 2.24) is 5.32 Å². The minimum absolute atomic E-state index is 0.142. The molecule has 4 nitrogen and oxygen atoms in total. The zero-order chi connectivity index (χ0) is 15.2. The number of nitrogens with zero attached hydrogens (tertiary/aromatic N) is 1. The normalized spacial score (nSPS) is 10.6. The number of amides is 2. The van der Waals surface area contributed by atoms with E-state index in [1.165, 1.54) is 35.4 Å². The van der Waals surface area contributed by atoms with Gasteiger partial charge in [0, 0.05) is 18.9 Å². The van der Waals surface area contributed by atoms with Crippen LogP contribution in [-0.2, 0) is 0 Å². The topological polar surface area (TPSA) is 52.6 Å². The predicted molar refractivity (Wildman–Crippen MR) is 80.5 cm³/mol. The number of aromatic hydroxyl groups is 1. The van der Waals surface area contributed by atoms with E-state index in [1.54, 1.807) is 37.4 Å². The molecule has 0 saturated heterocycles. The molecule has 0 bridgehead atoms. The Morgan fingerprint density at radius 1 is 1.14 bits per heavy atom. The van der Waals surface area contributed by atoms with Crippen molar-refractivity contribution in [2.45, 2.75) is 0 Å². The Balaban J connectivity index is 1.94. The number of rotatable bonds is 3. The molecule has 0 saturated carbocycles. The summed E-state index contributed by atoms with van der Waals surface area (Å²) in [5, 5.41) is 11.8. The van der Waals surface area contributed by atoms with Crippen molar-refractivity contribution < 1.29 is 14.3 Å². The van der Waals surface area contributed by atoms with Gasteiger partial charge < -0.3 is 10.4 Å². The standard InChI is InChI=1S/C16H15FN2O2/c1-19(14-6-8-15(20)9-7-14)16(21)18-11-10-12-2-4-13(17)5-3-12/h2-11,20H,1H3,(H,18,21)/b11-10+. The number of halogens is 1. The van der Waals surface area contributed by atoms with Gasteiger partial charge in [0.15, 0.2) is 0 Å². The summed E-state index contributed by atoms with van der Waals surface area (Å²) in [6.45, 7) is 0. The Bertz CT molecular complexity index is 636. The first-order valence-corrected chi connectivity index (χ1v) is 6.31. The van der Waals surface area contributed by atoms with Crippen LogP contribution < -0.4 is 10.2 Å². The second kappa shape index (κ2) is 6.56.